The molecule has 0 saturated heterocycles. The lowest BCUT2D eigenvalue weighted by atomic mass is 9.68. The van der Waals surface area contributed by atoms with Gasteiger partial charge in [-0.3, -0.25) is 9.80 Å². The van der Waals surface area contributed by atoms with Crippen molar-refractivity contribution in [3.8, 4) is 6.07 Å². The highest BCUT2D eigenvalue weighted by Crippen LogP contribution is 2.53. The summed E-state index contributed by atoms with van der Waals surface area (Å²) in [5.74, 6) is 0.377. The SMILES string of the molecule is Cc1ccc([C@H]2C3=C(CC(C)(C)CC3=O)N(N(C)C)c3nc(N)c(C#N)c(N)c32)cc1. The lowest BCUT2D eigenvalue weighted by Crippen LogP contribution is -2.46. The molecule has 0 unspecified atom stereocenters. The zero-order valence-corrected chi connectivity index (χ0v) is 18.7. The first-order valence-corrected chi connectivity index (χ1v) is 10.3. The van der Waals surface area contributed by atoms with E-state index in [1.807, 2.05) is 55.3 Å². The predicted octanol–water partition coefficient (Wildman–Crippen LogP) is 3.50. The molecule has 1 aromatic carbocycles. The minimum Gasteiger partial charge on any atom is -0.397 e. The maximum Gasteiger partial charge on any atom is 0.162 e. The Morgan fingerprint density at radius 3 is 2.42 bits per heavy atom. The minimum atomic E-state index is -0.398. The molecule has 31 heavy (non-hydrogen) atoms. The van der Waals surface area contributed by atoms with Gasteiger partial charge in [0.25, 0.3) is 0 Å². The standard InChI is InChI=1S/C24H28N6O/c1-13-6-8-14(9-7-13)18-19-16(10-24(2,3)11-17(19)31)30(29(4)5)23-20(18)21(26)15(12-25)22(27)28-23/h6-9,18H,10-11H2,1-5H3,(H4,26,27,28)/t18-/m0/s1. The molecule has 2 aliphatic rings. The molecule has 0 amide bonds. The van der Waals surface area contributed by atoms with E-state index < -0.39 is 5.92 Å². The number of pyridine rings is 1. The average Bonchev–Trinajstić information content (AvgIpc) is 2.66. The smallest absolute Gasteiger partial charge is 0.162 e. The summed E-state index contributed by atoms with van der Waals surface area (Å²) < 4.78 is 0. The van der Waals surface area contributed by atoms with Gasteiger partial charge in [0.1, 0.15) is 17.5 Å². The van der Waals surface area contributed by atoms with Crippen LogP contribution in [0.4, 0.5) is 17.3 Å². The number of benzene rings is 1. The second kappa shape index (κ2) is 7.10. The van der Waals surface area contributed by atoms with Crippen LogP contribution >= 0.6 is 0 Å². The molecular formula is C24H28N6O. The number of fused-ring (bicyclic) bond motifs is 1. The fourth-order valence-electron chi connectivity index (χ4n) is 4.80. The van der Waals surface area contributed by atoms with Crippen molar-refractivity contribution in [2.24, 2.45) is 5.41 Å². The number of aromatic nitrogens is 1. The first kappa shape index (κ1) is 20.9. The predicted molar refractivity (Wildman–Crippen MR) is 122 cm³/mol. The monoisotopic (exact) mass is 416 g/mol. The Kier molecular flexibility index (Phi) is 4.78. The van der Waals surface area contributed by atoms with Crippen molar-refractivity contribution < 1.29 is 4.79 Å². The van der Waals surface area contributed by atoms with Crippen LogP contribution in [-0.4, -0.2) is 29.9 Å². The second-order valence-corrected chi connectivity index (χ2v) is 9.44. The Morgan fingerprint density at radius 1 is 1.19 bits per heavy atom. The summed E-state index contributed by atoms with van der Waals surface area (Å²) in [7, 11) is 3.80. The second-order valence-electron chi connectivity index (χ2n) is 9.44. The van der Waals surface area contributed by atoms with Crippen LogP contribution in [0.5, 0.6) is 0 Å². The van der Waals surface area contributed by atoms with Gasteiger partial charge in [0.2, 0.25) is 0 Å². The fraction of sp³-hybridized carbons (Fsp3) is 0.375. The van der Waals surface area contributed by atoms with Crippen LogP contribution in [0.25, 0.3) is 0 Å². The van der Waals surface area contributed by atoms with Crippen LogP contribution in [0, 0.1) is 23.7 Å². The molecule has 7 nitrogen and oxygen atoms in total. The van der Waals surface area contributed by atoms with E-state index in [2.05, 4.69) is 24.9 Å². The summed E-state index contributed by atoms with van der Waals surface area (Å²) >= 11 is 0. The van der Waals surface area contributed by atoms with Crippen molar-refractivity contribution in [2.75, 3.05) is 30.6 Å². The van der Waals surface area contributed by atoms with Gasteiger partial charge in [-0.1, -0.05) is 43.7 Å². The highest BCUT2D eigenvalue weighted by molar-refractivity contribution is 6.02. The molecule has 0 bridgehead atoms. The summed E-state index contributed by atoms with van der Waals surface area (Å²) in [6.07, 6.45) is 1.17. The number of carbonyl (C=O) groups is 1. The van der Waals surface area contributed by atoms with E-state index in [0.717, 1.165) is 28.8 Å². The van der Waals surface area contributed by atoms with E-state index >= 15 is 0 Å². The number of nitrogens with two attached hydrogens (primary N) is 2. The number of aryl methyl sites for hydroxylation is 1. The van der Waals surface area contributed by atoms with E-state index in [4.69, 9.17) is 11.5 Å². The van der Waals surface area contributed by atoms with Crippen molar-refractivity contribution in [3.05, 3.63) is 57.8 Å². The molecule has 4 rings (SSSR count). The first-order valence-electron chi connectivity index (χ1n) is 10.3. The molecule has 7 heteroatoms. The van der Waals surface area contributed by atoms with Crippen LogP contribution in [-0.2, 0) is 4.79 Å². The number of Topliss-reactive ketones (excluding diaryl/α,β-unsaturated/α-hetero) is 1. The molecular weight excluding hydrogens is 388 g/mol. The van der Waals surface area contributed by atoms with Gasteiger partial charge in [-0.25, -0.2) is 9.99 Å². The minimum absolute atomic E-state index is 0.0960. The zero-order chi connectivity index (χ0) is 22.7. The van der Waals surface area contributed by atoms with Gasteiger partial charge in [0.05, 0.1) is 5.69 Å². The largest absolute Gasteiger partial charge is 0.397 e. The third-order valence-corrected chi connectivity index (χ3v) is 6.14. The molecule has 0 fully saturated rings. The molecule has 160 valence electrons. The van der Waals surface area contributed by atoms with Crippen molar-refractivity contribution in [3.63, 3.8) is 0 Å². The van der Waals surface area contributed by atoms with E-state index in [0.29, 0.717) is 17.8 Å². The molecule has 4 N–H and O–H groups in total. The molecule has 2 heterocycles. The van der Waals surface area contributed by atoms with Crippen LogP contribution < -0.4 is 16.5 Å². The third-order valence-electron chi connectivity index (χ3n) is 6.14. The first-order chi connectivity index (χ1) is 14.6. The Labute approximate surface area is 182 Å². The lowest BCUT2D eigenvalue weighted by molar-refractivity contribution is -0.118. The van der Waals surface area contributed by atoms with Crippen molar-refractivity contribution in [1.82, 2.24) is 9.99 Å². The molecule has 1 aliphatic carbocycles. The maximum atomic E-state index is 13.6. The zero-order valence-electron chi connectivity index (χ0n) is 18.7. The quantitative estimate of drug-likeness (QED) is 0.770. The number of nitriles is 1. The highest BCUT2D eigenvalue weighted by Gasteiger charge is 2.46. The van der Waals surface area contributed by atoms with Crippen molar-refractivity contribution >= 4 is 23.1 Å². The van der Waals surface area contributed by atoms with E-state index in [1.54, 1.807) is 0 Å². The summed E-state index contributed by atoms with van der Waals surface area (Å²) in [4.78, 5) is 18.2. The Hall–Kier alpha value is -3.37. The van der Waals surface area contributed by atoms with Gasteiger partial charge in [0.15, 0.2) is 11.6 Å². The molecule has 2 aromatic rings. The van der Waals surface area contributed by atoms with Gasteiger partial charge in [0, 0.05) is 43.3 Å². The molecule has 0 saturated carbocycles. The number of ketones is 1. The summed E-state index contributed by atoms with van der Waals surface area (Å²) in [5, 5.41) is 13.5. The van der Waals surface area contributed by atoms with Crippen LogP contribution in [0.3, 0.4) is 0 Å². The number of nitrogens with zero attached hydrogens (tertiary/aromatic N) is 4. The summed E-state index contributed by atoms with van der Waals surface area (Å²) in [5.41, 5.74) is 17.3. The van der Waals surface area contributed by atoms with Gasteiger partial charge < -0.3 is 11.5 Å². The number of hydrazine groups is 1. The average molecular weight is 417 g/mol. The van der Waals surface area contributed by atoms with E-state index in [9.17, 15) is 10.1 Å². The number of nitrogen functional groups attached to an aromatic ring is 2. The normalized spacial score (nSPS) is 19.8. The topological polar surface area (TPSA) is 112 Å². The van der Waals surface area contributed by atoms with Crippen LogP contribution in [0.15, 0.2) is 35.5 Å². The number of anilines is 3. The molecule has 1 aliphatic heterocycles. The molecule has 1 aromatic heterocycles. The number of carbonyl (C=O) groups excluding carboxylic acids is 1. The number of hydrogen-bond donors (Lipinski definition) is 2. The molecule has 1 atom stereocenters. The maximum absolute atomic E-state index is 13.6. The molecule has 0 radical (unpaired) electrons. The Balaban J connectivity index is 2.12. The lowest BCUT2D eigenvalue weighted by Gasteiger charge is -2.46. The van der Waals surface area contributed by atoms with Gasteiger partial charge >= 0.3 is 0 Å². The number of allylic oxidation sites excluding steroid dienone is 2. The Morgan fingerprint density at radius 2 is 1.84 bits per heavy atom. The highest BCUT2D eigenvalue weighted by atomic mass is 16.1. The van der Waals surface area contributed by atoms with E-state index in [-0.39, 0.29) is 28.3 Å². The number of hydrogen-bond acceptors (Lipinski definition) is 7. The van der Waals surface area contributed by atoms with Crippen LogP contribution in [0.2, 0.25) is 0 Å². The number of rotatable bonds is 2. The Bertz CT molecular complexity index is 1150. The van der Waals surface area contributed by atoms with Crippen LogP contribution in [0.1, 0.15) is 54.9 Å². The third kappa shape index (κ3) is 3.24. The van der Waals surface area contributed by atoms with E-state index in [1.165, 1.54) is 0 Å². The van der Waals surface area contributed by atoms with Gasteiger partial charge in [-0.15, -0.1) is 0 Å². The summed E-state index contributed by atoms with van der Waals surface area (Å²) in [6, 6.07) is 10.2. The fourth-order valence-corrected chi connectivity index (χ4v) is 4.80. The van der Waals surface area contributed by atoms with Gasteiger partial charge in [-0.2, -0.15) is 5.26 Å². The van der Waals surface area contributed by atoms with Gasteiger partial charge in [-0.05, 0) is 24.3 Å². The summed E-state index contributed by atoms with van der Waals surface area (Å²) in [6.45, 7) is 6.23. The molecule has 0 spiro atoms. The van der Waals surface area contributed by atoms with Crippen molar-refractivity contribution in [1.29, 1.82) is 5.26 Å². The van der Waals surface area contributed by atoms with Crippen molar-refractivity contribution in [2.45, 2.75) is 39.5 Å².